The van der Waals surface area contributed by atoms with Crippen LogP contribution in [0.4, 0.5) is 5.69 Å². The quantitative estimate of drug-likeness (QED) is 0.434. The number of anilines is 1. The number of hydrogen-bond acceptors (Lipinski definition) is 3. The van der Waals surface area contributed by atoms with E-state index in [1.54, 1.807) is 0 Å². The van der Waals surface area contributed by atoms with Crippen molar-refractivity contribution in [1.82, 2.24) is 14.5 Å². The van der Waals surface area contributed by atoms with Gasteiger partial charge in [-0.3, -0.25) is 4.57 Å². The van der Waals surface area contributed by atoms with Crippen LogP contribution < -0.4 is 4.90 Å². The van der Waals surface area contributed by atoms with E-state index < -0.39 is 0 Å². The van der Waals surface area contributed by atoms with Crippen LogP contribution in [0.1, 0.15) is 60.3 Å². The van der Waals surface area contributed by atoms with Crippen LogP contribution in [0, 0.1) is 33.6 Å². The first-order valence-corrected chi connectivity index (χ1v) is 12.7. The fourth-order valence-electron chi connectivity index (χ4n) is 5.71. The van der Waals surface area contributed by atoms with Crippen LogP contribution in [0.3, 0.4) is 0 Å². The predicted octanol–water partition coefficient (Wildman–Crippen LogP) is 6.16. The molecule has 2 heterocycles. The topological polar surface area (TPSA) is 24.3 Å². The maximum Gasteiger partial charge on any atom is 0.147 e. The van der Waals surface area contributed by atoms with Gasteiger partial charge in [-0.15, -0.1) is 0 Å². The predicted molar refractivity (Wildman–Crippen MR) is 142 cm³/mol. The van der Waals surface area contributed by atoms with E-state index in [-0.39, 0.29) is 0 Å². The van der Waals surface area contributed by atoms with Gasteiger partial charge in [-0.2, -0.15) is 0 Å². The van der Waals surface area contributed by atoms with Gasteiger partial charge in [-0.1, -0.05) is 31.5 Å². The molecule has 0 bridgehead atoms. The van der Waals surface area contributed by atoms with E-state index in [1.165, 1.54) is 57.6 Å². The fraction of sp³-hybridized carbons (Fsp3) is 0.552. The lowest BCUT2D eigenvalue weighted by Gasteiger charge is -2.29. The first-order valence-electron chi connectivity index (χ1n) is 12.7. The first-order chi connectivity index (χ1) is 15.7. The van der Waals surface area contributed by atoms with Crippen molar-refractivity contribution in [3.63, 3.8) is 0 Å². The Morgan fingerprint density at radius 1 is 0.939 bits per heavy atom. The summed E-state index contributed by atoms with van der Waals surface area (Å²) in [6.07, 6.45) is 4.83. The molecular formula is C29H42N4. The lowest BCUT2D eigenvalue weighted by atomic mass is 9.94. The zero-order valence-electron chi connectivity index (χ0n) is 22.0. The summed E-state index contributed by atoms with van der Waals surface area (Å²) in [5.74, 6) is 0.607. The molecule has 0 amide bonds. The van der Waals surface area contributed by atoms with Gasteiger partial charge in [-0.05, 0) is 96.1 Å². The lowest BCUT2D eigenvalue weighted by Crippen LogP contribution is -2.34. The van der Waals surface area contributed by atoms with Gasteiger partial charge in [0.05, 0.1) is 5.69 Å². The van der Waals surface area contributed by atoms with Crippen molar-refractivity contribution < 1.29 is 0 Å². The molecule has 0 unspecified atom stereocenters. The first kappa shape index (κ1) is 23.8. The van der Waals surface area contributed by atoms with Gasteiger partial charge in [0.2, 0.25) is 0 Å². The third kappa shape index (κ3) is 4.68. The molecule has 3 aromatic rings. The van der Waals surface area contributed by atoms with Gasteiger partial charge in [0.25, 0.3) is 0 Å². The number of hydrogen-bond donors (Lipinski definition) is 0. The van der Waals surface area contributed by atoms with Gasteiger partial charge in [0, 0.05) is 42.1 Å². The lowest BCUT2D eigenvalue weighted by molar-refractivity contribution is 0.409. The maximum atomic E-state index is 5.20. The molecule has 1 aliphatic rings. The van der Waals surface area contributed by atoms with Gasteiger partial charge in [0.15, 0.2) is 0 Å². The molecule has 0 saturated carbocycles. The number of pyridine rings is 1. The van der Waals surface area contributed by atoms with Crippen LogP contribution >= 0.6 is 0 Å². The SMILES string of the molecule is Cc1cc(C)c(-n2c3c(c4c(N(CCN(C)C)CC(C)C)cc(C)nc42)CCCC3)c(C)c1. The highest BCUT2D eigenvalue weighted by molar-refractivity contribution is 5.96. The highest BCUT2D eigenvalue weighted by atomic mass is 15.2. The van der Waals surface area contributed by atoms with E-state index in [0.29, 0.717) is 5.92 Å². The monoisotopic (exact) mass is 446 g/mol. The van der Waals surface area contributed by atoms with Crippen molar-refractivity contribution in [1.29, 1.82) is 0 Å². The van der Waals surface area contributed by atoms with Crippen molar-refractivity contribution in [3.05, 3.63) is 51.8 Å². The summed E-state index contributed by atoms with van der Waals surface area (Å²) < 4.78 is 2.53. The summed E-state index contributed by atoms with van der Waals surface area (Å²) in [4.78, 5) is 10.1. The van der Waals surface area contributed by atoms with Crippen molar-refractivity contribution in [2.75, 3.05) is 38.6 Å². The average Bonchev–Trinajstić information content (AvgIpc) is 3.03. The number of benzene rings is 1. The van der Waals surface area contributed by atoms with Gasteiger partial charge >= 0.3 is 0 Å². The Hall–Kier alpha value is -2.33. The molecule has 178 valence electrons. The molecule has 4 heteroatoms. The summed E-state index contributed by atoms with van der Waals surface area (Å²) >= 11 is 0. The Morgan fingerprint density at radius 3 is 2.24 bits per heavy atom. The van der Waals surface area contributed by atoms with Gasteiger partial charge in [-0.25, -0.2) is 4.98 Å². The molecule has 0 radical (unpaired) electrons. The van der Waals surface area contributed by atoms with Crippen LogP contribution in [0.5, 0.6) is 0 Å². The number of aryl methyl sites for hydroxylation is 5. The van der Waals surface area contributed by atoms with E-state index in [1.807, 2.05) is 0 Å². The summed E-state index contributed by atoms with van der Waals surface area (Å²) in [6, 6.07) is 6.99. The second kappa shape index (κ2) is 9.50. The molecule has 2 aromatic heterocycles. The molecule has 0 aliphatic heterocycles. The average molecular weight is 447 g/mol. The third-order valence-electron chi connectivity index (χ3n) is 6.93. The van der Waals surface area contributed by atoms with Crippen molar-refractivity contribution in [2.24, 2.45) is 5.92 Å². The second-order valence-corrected chi connectivity index (χ2v) is 10.8. The summed E-state index contributed by atoms with van der Waals surface area (Å²) in [5, 5.41) is 1.40. The minimum absolute atomic E-state index is 0.607. The molecule has 1 aromatic carbocycles. The summed E-state index contributed by atoms with van der Waals surface area (Å²) in [6.45, 7) is 16.7. The number of aromatic nitrogens is 2. The standard InChI is InChI=1S/C29H42N4/c1-19(2)18-32(14-13-31(7)8)26-17-23(6)30-29-27(26)24-11-9-10-12-25(24)33(29)28-21(4)15-20(3)16-22(28)5/h15-17,19H,9-14,18H2,1-8H3. The molecular weight excluding hydrogens is 404 g/mol. The molecule has 0 N–H and O–H groups in total. The number of nitrogens with zero attached hydrogens (tertiary/aromatic N) is 4. The van der Waals surface area contributed by atoms with Crippen LogP contribution in [0.15, 0.2) is 18.2 Å². The van der Waals surface area contributed by atoms with Crippen LogP contribution in [-0.4, -0.2) is 48.2 Å². The molecule has 4 nitrogen and oxygen atoms in total. The zero-order valence-corrected chi connectivity index (χ0v) is 22.0. The Balaban J connectivity index is 2.02. The summed E-state index contributed by atoms with van der Waals surface area (Å²) in [7, 11) is 4.34. The molecule has 0 saturated heterocycles. The maximum absolute atomic E-state index is 5.20. The Kier molecular flexibility index (Phi) is 6.86. The third-order valence-corrected chi connectivity index (χ3v) is 6.93. The Labute approximate surface area is 200 Å². The highest BCUT2D eigenvalue weighted by Gasteiger charge is 2.27. The van der Waals surface area contributed by atoms with Crippen LogP contribution in [0.2, 0.25) is 0 Å². The molecule has 4 rings (SSSR count). The number of likely N-dealkylation sites (N-methyl/N-ethyl adjacent to an activating group) is 1. The fourth-order valence-corrected chi connectivity index (χ4v) is 5.71. The summed E-state index contributed by atoms with van der Waals surface area (Å²) in [5.41, 5.74) is 12.0. The normalized spacial score (nSPS) is 13.9. The second-order valence-electron chi connectivity index (χ2n) is 10.8. The molecule has 0 fully saturated rings. The van der Waals surface area contributed by atoms with E-state index in [0.717, 1.165) is 43.8 Å². The van der Waals surface area contributed by atoms with Crippen molar-refractivity contribution >= 4 is 16.7 Å². The van der Waals surface area contributed by atoms with E-state index in [4.69, 9.17) is 4.98 Å². The van der Waals surface area contributed by atoms with E-state index in [9.17, 15) is 0 Å². The van der Waals surface area contributed by atoms with Crippen LogP contribution in [-0.2, 0) is 12.8 Å². The van der Waals surface area contributed by atoms with E-state index >= 15 is 0 Å². The van der Waals surface area contributed by atoms with Crippen molar-refractivity contribution in [2.45, 2.75) is 67.2 Å². The zero-order chi connectivity index (χ0) is 23.9. The molecule has 33 heavy (non-hydrogen) atoms. The highest BCUT2D eigenvalue weighted by Crippen LogP contribution is 2.40. The van der Waals surface area contributed by atoms with Gasteiger partial charge in [0.1, 0.15) is 5.65 Å². The number of rotatable bonds is 7. The van der Waals surface area contributed by atoms with E-state index in [2.05, 4.69) is 88.2 Å². The molecule has 0 atom stereocenters. The Bertz CT molecular complexity index is 1130. The smallest absolute Gasteiger partial charge is 0.147 e. The minimum Gasteiger partial charge on any atom is -0.369 e. The Morgan fingerprint density at radius 2 is 1.61 bits per heavy atom. The largest absolute Gasteiger partial charge is 0.369 e. The van der Waals surface area contributed by atoms with Crippen molar-refractivity contribution in [3.8, 4) is 5.69 Å². The molecule has 1 aliphatic carbocycles. The molecule has 0 spiro atoms. The van der Waals surface area contributed by atoms with Crippen LogP contribution in [0.25, 0.3) is 16.7 Å². The number of fused-ring (bicyclic) bond motifs is 3. The van der Waals surface area contributed by atoms with Gasteiger partial charge < -0.3 is 9.80 Å². The minimum atomic E-state index is 0.607.